The molecular formula is C16H13BrN2OS. The van der Waals surface area contributed by atoms with Crippen LogP contribution >= 0.6 is 27.3 Å². The van der Waals surface area contributed by atoms with E-state index in [0.717, 1.165) is 34.9 Å². The minimum atomic E-state index is -0.171. The van der Waals surface area contributed by atoms with Gasteiger partial charge >= 0.3 is 0 Å². The zero-order chi connectivity index (χ0) is 15.0. The Morgan fingerprint density at radius 2 is 2.19 bits per heavy atom. The van der Waals surface area contributed by atoms with E-state index in [1.807, 2.05) is 19.1 Å². The predicted octanol–water partition coefficient (Wildman–Crippen LogP) is 4.43. The molecule has 106 valence electrons. The zero-order valence-electron chi connectivity index (χ0n) is 11.5. The molecule has 1 aromatic carbocycles. The molecule has 1 aliphatic rings. The number of anilines is 1. The number of fused-ring (bicyclic) bond motifs is 1. The maximum Gasteiger partial charge on any atom is 0.256 e. The molecule has 1 heterocycles. The molecule has 1 N–H and O–H groups in total. The first kappa shape index (κ1) is 14.3. The Morgan fingerprint density at radius 1 is 1.38 bits per heavy atom. The van der Waals surface area contributed by atoms with Gasteiger partial charge in [-0.2, -0.15) is 5.26 Å². The highest BCUT2D eigenvalue weighted by molar-refractivity contribution is 9.10. The molecule has 0 spiro atoms. The maximum absolute atomic E-state index is 12.4. The number of carbonyl (C=O) groups is 1. The Kier molecular flexibility index (Phi) is 3.83. The number of benzene rings is 1. The van der Waals surface area contributed by atoms with Gasteiger partial charge < -0.3 is 5.32 Å². The monoisotopic (exact) mass is 360 g/mol. The number of amides is 1. The molecule has 0 aliphatic heterocycles. The normalized spacial score (nSPS) is 12.8. The second-order valence-corrected chi connectivity index (χ2v) is 7.17. The molecule has 3 nitrogen and oxygen atoms in total. The Morgan fingerprint density at radius 3 is 2.90 bits per heavy atom. The lowest BCUT2D eigenvalue weighted by Gasteiger charge is -2.06. The molecule has 0 unspecified atom stereocenters. The van der Waals surface area contributed by atoms with Gasteiger partial charge in [0.05, 0.1) is 5.56 Å². The van der Waals surface area contributed by atoms with E-state index in [-0.39, 0.29) is 5.91 Å². The number of hydrogen-bond acceptors (Lipinski definition) is 3. The summed E-state index contributed by atoms with van der Waals surface area (Å²) in [6.07, 6.45) is 3.07. The molecule has 1 aromatic heterocycles. The summed E-state index contributed by atoms with van der Waals surface area (Å²) in [6, 6.07) is 7.83. The van der Waals surface area contributed by atoms with E-state index >= 15 is 0 Å². The first-order chi connectivity index (χ1) is 10.1. The van der Waals surface area contributed by atoms with Crippen molar-refractivity contribution < 1.29 is 4.79 Å². The Hall–Kier alpha value is -1.64. The molecule has 5 heteroatoms. The average Bonchev–Trinajstić information content (AvgIpc) is 2.97. The van der Waals surface area contributed by atoms with Crippen LogP contribution < -0.4 is 5.32 Å². The first-order valence-electron chi connectivity index (χ1n) is 6.71. The molecule has 1 amide bonds. The van der Waals surface area contributed by atoms with Crippen molar-refractivity contribution in [2.45, 2.75) is 26.2 Å². The quantitative estimate of drug-likeness (QED) is 0.860. The fourth-order valence-electron chi connectivity index (χ4n) is 2.65. The molecule has 0 atom stereocenters. The number of rotatable bonds is 2. The van der Waals surface area contributed by atoms with Crippen molar-refractivity contribution in [2.24, 2.45) is 0 Å². The summed E-state index contributed by atoms with van der Waals surface area (Å²) in [6.45, 7) is 1.95. The summed E-state index contributed by atoms with van der Waals surface area (Å²) in [5, 5.41) is 12.9. The van der Waals surface area contributed by atoms with Gasteiger partial charge in [-0.3, -0.25) is 4.79 Å². The van der Waals surface area contributed by atoms with Gasteiger partial charge in [-0.25, -0.2) is 0 Å². The fraction of sp³-hybridized carbons (Fsp3) is 0.250. The Balaban J connectivity index is 1.90. The van der Waals surface area contributed by atoms with Gasteiger partial charge in [0.15, 0.2) is 0 Å². The topological polar surface area (TPSA) is 52.9 Å². The standard InChI is InChI=1S/C16H13BrN2OS/c1-9-5-10(7-11(17)6-9)15(20)19-16-13(8-18)12-3-2-4-14(12)21-16/h5-7H,2-4H2,1H3,(H,19,20). The number of nitrogens with zero attached hydrogens (tertiary/aromatic N) is 1. The van der Waals surface area contributed by atoms with E-state index < -0.39 is 0 Å². The highest BCUT2D eigenvalue weighted by Gasteiger charge is 2.23. The molecule has 21 heavy (non-hydrogen) atoms. The third-order valence-corrected chi connectivity index (χ3v) is 5.23. The van der Waals surface area contributed by atoms with Crippen LogP contribution in [0.3, 0.4) is 0 Å². The van der Waals surface area contributed by atoms with Gasteiger partial charge in [-0.15, -0.1) is 11.3 Å². The predicted molar refractivity (Wildman–Crippen MR) is 87.9 cm³/mol. The number of thiophene rings is 1. The molecule has 0 bridgehead atoms. The SMILES string of the molecule is Cc1cc(Br)cc(C(=O)Nc2sc3c(c2C#N)CCC3)c1. The van der Waals surface area contributed by atoms with Crippen molar-refractivity contribution >= 4 is 38.2 Å². The van der Waals surface area contributed by atoms with Crippen LogP contribution in [0, 0.1) is 18.3 Å². The molecule has 0 saturated heterocycles. The minimum Gasteiger partial charge on any atom is -0.312 e. The van der Waals surface area contributed by atoms with E-state index in [0.29, 0.717) is 16.1 Å². The summed E-state index contributed by atoms with van der Waals surface area (Å²) in [5.41, 5.74) is 3.39. The summed E-state index contributed by atoms with van der Waals surface area (Å²) in [5.74, 6) is -0.171. The largest absolute Gasteiger partial charge is 0.312 e. The van der Waals surface area contributed by atoms with Crippen LogP contribution in [-0.4, -0.2) is 5.91 Å². The third kappa shape index (κ3) is 2.74. The van der Waals surface area contributed by atoms with E-state index in [1.165, 1.54) is 16.2 Å². The van der Waals surface area contributed by atoms with Gasteiger partial charge in [-0.1, -0.05) is 15.9 Å². The van der Waals surface area contributed by atoms with Gasteiger partial charge in [0, 0.05) is 14.9 Å². The molecule has 2 aromatic rings. The van der Waals surface area contributed by atoms with Crippen LogP contribution in [0.5, 0.6) is 0 Å². The third-order valence-electron chi connectivity index (χ3n) is 3.56. The Labute approximate surface area is 135 Å². The van der Waals surface area contributed by atoms with Crippen molar-refractivity contribution in [1.82, 2.24) is 0 Å². The number of carbonyl (C=O) groups excluding carboxylic acids is 1. The first-order valence-corrected chi connectivity index (χ1v) is 8.32. The van der Waals surface area contributed by atoms with Crippen LogP contribution in [0.4, 0.5) is 5.00 Å². The minimum absolute atomic E-state index is 0.171. The second kappa shape index (κ2) is 5.63. The lowest BCUT2D eigenvalue weighted by Crippen LogP contribution is -2.12. The van der Waals surface area contributed by atoms with Crippen LogP contribution in [0.1, 0.15) is 38.3 Å². The van der Waals surface area contributed by atoms with Gasteiger partial charge in [0.2, 0.25) is 0 Å². The van der Waals surface area contributed by atoms with Gasteiger partial charge in [-0.05, 0) is 55.5 Å². The average molecular weight is 361 g/mol. The lowest BCUT2D eigenvalue weighted by atomic mass is 10.1. The molecular weight excluding hydrogens is 348 g/mol. The van der Waals surface area contributed by atoms with E-state index in [1.54, 1.807) is 6.07 Å². The van der Waals surface area contributed by atoms with Crippen molar-refractivity contribution in [2.75, 3.05) is 5.32 Å². The summed E-state index contributed by atoms with van der Waals surface area (Å²) in [7, 11) is 0. The molecule has 0 saturated carbocycles. The van der Waals surface area contributed by atoms with Crippen LogP contribution in [0.2, 0.25) is 0 Å². The number of hydrogen-bond donors (Lipinski definition) is 1. The van der Waals surface area contributed by atoms with Crippen molar-refractivity contribution in [3.63, 3.8) is 0 Å². The zero-order valence-corrected chi connectivity index (χ0v) is 13.9. The number of halogens is 1. The van der Waals surface area contributed by atoms with Gasteiger partial charge in [0.25, 0.3) is 5.91 Å². The van der Waals surface area contributed by atoms with Crippen molar-refractivity contribution in [1.29, 1.82) is 5.26 Å². The van der Waals surface area contributed by atoms with Crippen LogP contribution in [-0.2, 0) is 12.8 Å². The molecule has 0 radical (unpaired) electrons. The van der Waals surface area contributed by atoms with Gasteiger partial charge in [0.1, 0.15) is 11.1 Å². The summed E-state index contributed by atoms with van der Waals surface area (Å²) in [4.78, 5) is 13.6. The lowest BCUT2D eigenvalue weighted by molar-refractivity contribution is 0.102. The van der Waals surface area contributed by atoms with Crippen LogP contribution in [0.25, 0.3) is 0 Å². The summed E-state index contributed by atoms with van der Waals surface area (Å²) < 4.78 is 0.877. The van der Waals surface area contributed by atoms with Crippen LogP contribution in [0.15, 0.2) is 22.7 Å². The molecule has 1 aliphatic carbocycles. The molecule has 3 rings (SSSR count). The highest BCUT2D eigenvalue weighted by atomic mass is 79.9. The smallest absolute Gasteiger partial charge is 0.256 e. The maximum atomic E-state index is 12.4. The summed E-state index contributed by atoms with van der Waals surface area (Å²) >= 11 is 4.94. The Bertz CT molecular complexity index is 753. The van der Waals surface area contributed by atoms with E-state index in [4.69, 9.17) is 0 Å². The number of aryl methyl sites for hydroxylation is 2. The number of nitrogens with one attached hydrogen (secondary N) is 1. The van der Waals surface area contributed by atoms with E-state index in [2.05, 4.69) is 27.3 Å². The number of nitriles is 1. The van der Waals surface area contributed by atoms with Crippen molar-refractivity contribution in [3.05, 3.63) is 49.8 Å². The fourth-order valence-corrected chi connectivity index (χ4v) is 4.50. The highest BCUT2D eigenvalue weighted by Crippen LogP contribution is 2.38. The van der Waals surface area contributed by atoms with E-state index in [9.17, 15) is 10.1 Å². The van der Waals surface area contributed by atoms with Crippen molar-refractivity contribution in [3.8, 4) is 6.07 Å². The second-order valence-electron chi connectivity index (χ2n) is 5.14. The molecule has 0 fully saturated rings.